The van der Waals surface area contributed by atoms with Crippen molar-refractivity contribution in [3.8, 4) is 11.5 Å². The van der Waals surface area contributed by atoms with Crippen LogP contribution in [0.2, 0.25) is 0 Å². The zero-order valence-corrected chi connectivity index (χ0v) is 13.0. The molecule has 116 valence electrons. The number of methoxy groups -OCH3 is 2. The standard InChI is InChI=1S/C11H14N6O2.2ClH/c1-18-9-3-4-10(19-2)8(5-9)6-13-15-11-16-14-7-17(11)12;;/h3-7H,12H2,1-2H3,(H,15,16);2*1H/b13-6+;;. The van der Waals surface area contributed by atoms with Crippen molar-refractivity contribution in [3.05, 3.63) is 30.1 Å². The second-order valence-corrected chi connectivity index (χ2v) is 3.54. The number of nitrogens with two attached hydrogens (primary N) is 1. The maximum atomic E-state index is 5.53. The largest absolute Gasteiger partial charge is 0.497 e. The van der Waals surface area contributed by atoms with E-state index in [1.165, 1.54) is 11.0 Å². The Kier molecular flexibility index (Phi) is 7.95. The number of halogens is 2. The third-order valence-corrected chi connectivity index (χ3v) is 2.38. The average Bonchev–Trinajstić information content (AvgIpc) is 2.84. The van der Waals surface area contributed by atoms with Crippen LogP contribution in [-0.2, 0) is 0 Å². The molecule has 1 heterocycles. The molecule has 8 nitrogen and oxygen atoms in total. The molecule has 0 radical (unpaired) electrons. The minimum absolute atomic E-state index is 0. The molecule has 0 bridgehead atoms. The van der Waals surface area contributed by atoms with Crippen LogP contribution in [0.4, 0.5) is 5.95 Å². The van der Waals surface area contributed by atoms with E-state index in [4.69, 9.17) is 15.3 Å². The summed E-state index contributed by atoms with van der Waals surface area (Å²) in [5.74, 6) is 7.26. The van der Waals surface area contributed by atoms with Crippen molar-refractivity contribution in [1.29, 1.82) is 0 Å². The van der Waals surface area contributed by atoms with Gasteiger partial charge in [0.15, 0.2) is 0 Å². The minimum Gasteiger partial charge on any atom is -0.497 e. The molecule has 0 atom stereocenters. The van der Waals surface area contributed by atoms with E-state index in [0.717, 1.165) is 5.56 Å². The Bertz CT molecular complexity index is 590. The predicted molar refractivity (Wildman–Crippen MR) is 85.4 cm³/mol. The molecule has 10 heteroatoms. The Morgan fingerprint density at radius 3 is 2.62 bits per heavy atom. The quantitative estimate of drug-likeness (QED) is 0.485. The number of rotatable bonds is 5. The van der Waals surface area contributed by atoms with Crippen molar-refractivity contribution in [2.24, 2.45) is 5.10 Å². The first-order chi connectivity index (χ1) is 9.24. The molecule has 0 amide bonds. The van der Waals surface area contributed by atoms with Gasteiger partial charge in [-0.05, 0) is 18.2 Å². The van der Waals surface area contributed by atoms with Crippen LogP contribution in [0, 0.1) is 0 Å². The van der Waals surface area contributed by atoms with Crippen LogP contribution in [0.1, 0.15) is 5.56 Å². The highest BCUT2D eigenvalue weighted by atomic mass is 35.5. The number of nitrogens with one attached hydrogen (secondary N) is 1. The first-order valence-corrected chi connectivity index (χ1v) is 5.41. The van der Waals surface area contributed by atoms with Gasteiger partial charge in [0, 0.05) is 5.56 Å². The Morgan fingerprint density at radius 1 is 1.29 bits per heavy atom. The van der Waals surface area contributed by atoms with Crippen LogP contribution in [0.3, 0.4) is 0 Å². The third-order valence-electron chi connectivity index (χ3n) is 2.38. The van der Waals surface area contributed by atoms with Crippen LogP contribution in [0.25, 0.3) is 0 Å². The summed E-state index contributed by atoms with van der Waals surface area (Å²) in [5, 5.41) is 11.4. The molecule has 0 saturated heterocycles. The summed E-state index contributed by atoms with van der Waals surface area (Å²) in [4.78, 5) is 0. The fourth-order valence-corrected chi connectivity index (χ4v) is 1.42. The summed E-state index contributed by atoms with van der Waals surface area (Å²) in [6.07, 6.45) is 2.94. The van der Waals surface area contributed by atoms with E-state index in [-0.39, 0.29) is 24.8 Å². The molecule has 0 aliphatic rings. The smallest absolute Gasteiger partial charge is 0.263 e. The Balaban J connectivity index is 0.00000200. The number of ether oxygens (including phenoxy) is 2. The van der Waals surface area contributed by atoms with Gasteiger partial charge in [0.25, 0.3) is 5.95 Å². The van der Waals surface area contributed by atoms with Crippen molar-refractivity contribution < 1.29 is 9.47 Å². The van der Waals surface area contributed by atoms with E-state index in [9.17, 15) is 0 Å². The second kappa shape index (κ2) is 8.88. The fraction of sp³-hybridized carbons (Fsp3) is 0.182. The van der Waals surface area contributed by atoms with Crippen LogP contribution in [-0.4, -0.2) is 35.3 Å². The topological polar surface area (TPSA) is 99.6 Å². The highest BCUT2D eigenvalue weighted by molar-refractivity contribution is 5.86. The molecule has 3 N–H and O–H groups in total. The number of hydrogen-bond acceptors (Lipinski definition) is 7. The molecular weight excluding hydrogens is 319 g/mol. The summed E-state index contributed by atoms with van der Waals surface area (Å²) in [7, 11) is 3.18. The van der Waals surface area contributed by atoms with E-state index in [1.807, 2.05) is 0 Å². The van der Waals surface area contributed by atoms with Crippen LogP contribution in [0.15, 0.2) is 29.6 Å². The molecule has 2 aromatic rings. The fourth-order valence-electron chi connectivity index (χ4n) is 1.42. The Morgan fingerprint density at radius 2 is 2.05 bits per heavy atom. The molecule has 1 aromatic heterocycles. The van der Waals surface area contributed by atoms with Gasteiger partial charge < -0.3 is 15.3 Å². The zero-order chi connectivity index (χ0) is 13.7. The van der Waals surface area contributed by atoms with Gasteiger partial charge >= 0.3 is 0 Å². The minimum atomic E-state index is 0. The molecule has 21 heavy (non-hydrogen) atoms. The van der Waals surface area contributed by atoms with Gasteiger partial charge in [-0.25, -0.2) is 10.1 Å². The number of hydrogen-bond donors (Lipinski definition) is 2. The summed E-state index contributed by atoms with van der Waals surface area (Å²) < 4.78 is 11.6. The molecule has 0 spiro atoms. The summed E-state index contributed by atoms with van der Waals surface area (Å²) in [6.45, 7) is 0. The first-order valence-electron chi connectivity index (χ1n) is 5.41. The zero-order valence-electron chi connectivity index (χ0n) is 11.4. The van der Waals surface area contributed by atoms with Crippen LogP contribution >= 0.6 is 24.8 Å². The first kappa shape index (κ1) is 18.8. The van der Waals surface area contributed by atoms with Gasteiger partial charge in [0.1, 0.15) is 17.8 Å². The number of hydrazone groups is 1. The van der Waals surface area contributed by atoms with Gasteiger partial charge in [-0.2, -0.15) is 5.10 Å². The number of anilines is 1. The lowest BCUT2D eigenvalue weighted by atomic mass is 10.2. The number of benzene rings is 1. The maximum absolute atomic E-state index is 5.53. The van der Waals surface area contributed by atoms with E-state index < -0.39 is 0 Å². The maximum Gasteiger partial charge on any atom is 0.263 e. The lowest BCUT2D eigenvalue weighted by molar-refractivity contribution is 0.402. The number of nitrogens with zero attached hydrogens (tertiary/aromatic N) is 4. The molecule has 1 aromatic carbocycles. The second-order valence-electron chi connectivity index (χ2n) is 3.54. The van der Waals surface area contributed by atoms with Crippen molar-refractivity contribution in [1.82, 2.24) is 14.9 Å². The lowest BCUT2D eigenvalue weighted by Crippen LogP contribution is -2.10. The van der Waals surface area contributed by atoms with Gasteiger partial charge in [-0.1, -0.05) is 0 Å². The number of aromatic nitrogens is 3. The molecule has 0 aliphatic carbocycles. The molecule has 0 fully saturated rings. The Labute approximate surface area is 134 Å². The lowest BCUT2D eigenvalue weighted by Gasteiger charge is -2.06. The summed E-state index contributed by atoms with van der Waals surface area (Å²) >= 11 is 0. The van der Waals surface area contributed by atoms with Crippen LogP contribution in [0.5, 0.6) is 11.5 Å². The van der Waals surface area contributed by atoms with E-state index in [2.05, 4.69) is 20.7 Å². The summed E-state index contributed by atoms with van der Waals surface area (Å²) in [6, 6.07) is 5.41. The van der Waals surface area contributed by atoms with E-state index in [0.29, 0.717) is 17.4 Å². The third kappa shape index (κ3) is 4.69. The van der Waals surface area contributed by atoms with Crippen molar-refractivity contribution in [3.63, 3.8) is 0 Å². The normalized spacial score (nSPS) is 9.62. The van der Waals surface area contributed by atoms with Gasteiger partial charge in [0.2, 0.25) is 0 Å². The van der Waals surface area contributed by atoms with Gasteiger partial charge in [-0.15, -0.1) is 35.0 Å². The Hall–Kier alpha value is -2.19. The van der Waals surface area contributed by atoms with E-state index in [1.54, 1.807) is 38.6 Å². The predicted octanol–water partition coefficient (Wildman–Crippen LogP) is 1.30. The van der Waals surface area contributed by atoms with Gasteiger partial charge in [-0.3, -0.25) is 0 Å². The van der Waals surface area contributed by atoms with Crippen LogP contribution < -0.4 is 20.7 Å². The molecule has 0 unspecified atom stereocenters. The SMILES string of the molecule is COc1ccc(OC)c(/C=N/Nc2nncn2N)c1.Cl.Cl. The van der Waals surface area contributed by atoms with Crippen molar-refractivity contribution in [2.45, 2.75) is 0 Å². The molecular formula is C11H16Cl2N6O2. The highest BCUT2D eigenvalue weighted by Gasteiger charge is 2.03. The molecule has 0 saturated carbocycles. The highest BCUT2D eigenvalue weighted by Crippen LogP contribution is 2.22. The molecule has 0 aliphatic heterocycles. The average molecular weight is 335 g/mol. The van der Waals surface area contributed by atoms with Crippen molar-refractivity contribution >= 4 is 37.0 Å². The monoisotopic (exact) mass is 334 g/mol. The van der Waals surface area contributed by atoms with Gasteiger partial charge in [0.05, 0.1) is 20.4 Å². The van der Waals surface area contributed by atoms with E-state index >= 15 is 0 Å². The number of nitrogen functional groups attached to an aromatic ring is 1. The summed E-state index contributed by atoms with van der Waals surface area (Å²) in [5.41, 5.74) is 3.43. The van der Waals surface area contributed by atoms with Crippen molar-refractivity contribution in [2.75, 3.05) is 25.5 Å². The molecule has 2 rings (SSSR count).